The number of rotatable bonds is 9. The van der Waals surface area contributed by atoms with Gasteiger partial charge in [0.2, 0.25) is 5.88 Å². The van der Waals surface area contributed by atoms with Crippen molar-refractivity contribution in [3.8, 4) is 22.8 Å². The lowest BCUT2D eigenvalue weighted by atomic mass is 10.0. The van der Waals surface area contributed by atoms with Crippen LogP contribution in [0.4, 0.5) is 13.6 Å². The Balaban J connectivity index is 1.80. The molecule has 14 heteroatoms. The first kappa shape index (κ1) is 29.1. The van der Waals surface area contributed by atoms with Gasteiger partial charge in [0.25, 0.3) is 5.56 Å². The summed E-state index contributed by atoms with van der Waals surface area (Å²) >= 11 is 0. The predicted octanol–water partition coefficient (Wildman–Crippen LogP) is 2.27. The highest BCUT2D eigenvalue weighted by atomic mass is 19.1. The van der Waals surface area contributed by atoms with Crippen LogP contribution in [0.5, 0.6) is 5.88 Å². The molecule has 0 radical (unpaired) electrons. The van der Waals surface area contributed by atoms with Crippen molar-refractivity contribution in [2.24, 2.45) is 5.73 Å². The molecular formula is C29H28F2N8O4. The van der Waals surface area contributed by atoms with E-state index in [9.17, 15) is 23.2 Å². The number of ether oxygens (including phenoxy) is 1. The molecule has 0 bridgehead atoms. The van der Waals surface area contributed by atoms with Crippen LogP contribution in [0.1, 0.15) is 16.7 Å². The van der Waals surface area contributed by atoms with Gasteiger partial charge in [0.05, 0.1) is 13.7 Å². The molecule has 3 aromatic heterocycles. The standard InChI is InChI=1S/C29H28F2N8O4/c1-36(2)14-20-19(18-9-7-17(8-10-18)13-33-28(32)41)15-37-26(20)27(40)39(24-11-12-25(43-3)35-34-24)29(42)38(37)16-21-22(30)5-4-6-23(21)31/h4-12,15H,13-14,16H2,1-3H3,(H3,32,33,41). The number of halogens is 2. The van der Waals surface area contributed by atoms with Gasteiger partial charge in [-0.15, -0.1) is 10.2 Å². The molecule has 43 heavy (non-hydrogen) atoms. The minimum atomic E-state index is -0.884. The maximum absolute atomic E-state index is 14.8. The average molecular weight is 591 g/mol. The number of methoxy groups -OCH3 is 1. The largest absolute Gasteiger partial charge is 0.480 e. The monoisotopic (exact) mass is 590 g/mol. The van der Waals surface area contributed by atoms with E-state index in [1.165, 1.54) is 29.8 Å². The van der Waals surface area contributed by atoms with Crippen molar-refractivity contribution in [1.82, 2.24) is 34.2 Å². The van der Waals surface area contributed by atoms with E-state index in [2.05, 4.69) is 15.5 Å². The summed E-state index contributed by atoms with van der Waals surface area (Å²) in [4.78, 5) is 41.0. The molecule has 0 fully saturated rings. The van der Waals surface area contributed by atoms with Gasteiger partial charge in [0.15, 0.2) is 5.82 Å². The van der Waals surface area contributed by atoms with Crippen LogP contribution in [0.15, 0.2) is 70.4 Å². The highest BCUT2D eigenvalue weighted by Crippen LogP contribution is 2.29. The summed E-state index contributed by atoms with van der Waals surface area (Å²) in [5.41, 5.74) is 6.02. The van der Waals surface area contributed by atoms with Gasteiger partial charge in [-0.2, -0.15) is 0 Å². The number of amides is 2. The van der Waals surface area contributed by atoms with Gasteiger partial charge in [-0.25, -0.2) is 27.6 Å². The highest BCUT2D eigenvalue weighted by molar-refractivity contribution is 5.76. The Morgan fingerprint density at radius 3 is 2.28 bits per heavy atom. The molecule has 0 atom stereocenters. The Hall–Kier alpha value is -5.37. The molecule has 2 aromatic carbocycles. The molecule has 5 rings (SSSR count). The average Bonchev–Trinajstić information content (AvgIpc) is 3.34. The first-order valence-corrected chi connectivity index (χ1v) is 13.1. The van der Waals surface area contributed by atoms with E-state index >= 15 is 0 Å². The summed E-state index contributed by atoms with van der Waals surface area (Å²) in [6, 6.07) is 12.8. The van der Waals surface area contributed by atoms with Crippen molar-refractivity contribution in [3.63, 3.8) is 0 Å². The molecule has 12 nitrogen and oxygen atoms in total. The quantitative estimate of drug-likeness (QED) is 0.268. The van der Waals surface area contributed by atoms with Crippen molar-refractivity contribution >= 4 is 11.5 Å². The van der Waals surface area contributed by atoms with Crippen LogP contribution in [0.25, 0.3) is 22.5 Å². The minimum absolute atomic E-state index is 0.0917. The number of nitrogens with two attached hydrogens (primary N) is 1. The first-order chi connectivity index (χ1) is 20.6. The number of fused-ring (bicyclic) bond motifs is 1. The second-order valence-corrected chi connectivity index (χ2v) is 9.98. The molecular weight excluding hydrogens is 562 g/mol. The molecule has 3 heterocycles. The van der Waals surface area contributed by atoms with Gasteiger partial charge in [0.1, 0.15) is 17.2 Å². The number of benzene rings is 2. The van der Waals surface area contributed by atoms with Gasteiger partial charge in [-0.3, -0.25) is 9.31 Å². The van der Waals surface area contributed by atoms with Crippen LogP contribution in [0.3, 0.4) is 0 Å². The van der Waals surface area contributed by atoms with Crippen LogP contribution in [0.2, 0.25) is 0 Å². The Morgan fingerprint density at radius 1 is 1.00 bits per heavy atom. The van der Waals surface area contributed by atoms with E-state index in [4.69, 9.17) is 10.5 Å². The van der Waals surface area contributed by atoms with E-state index in [1.807, 2.05) is 19.0 Å². The summed E-state index contributed by atoms with van der Waals surface area (Å²) in [5.74, 6) is -1.61. The van der Waals surface area contributed by atoms with Gasteiger partial charge in [-0.1, -0.05) is 30.3 Å². The van der Waals surface area contributed by atoms with Gasteiger partial charge >= 0.3 is 11.7 Å². The number of carbonyl (C=O) groups is 1. The maximum atomic E-state index is 14.8. The lowest BCUT2D eigenvalue weighted by molar-refractivity contribution is 0.248. The van der Waals surface area contributed by atoms with Crippen LogP contribution in [0, 0.1) is 11.6 Å². The zero-order chi connectivity index (χ0) is 30.8. The predicted molar refractivity (Wildman–Crippen MR) is 154 cm³/mol. The molecule has 0 aliphatic rings. The number of primary amides is 1. The molecule has 0 saturated heterocycles. The third kappa shape index (κ3) is 5.72. The third-order valence-corrected chi connectivity index (χ3v) is 6.81. The lowest BCUT2D eigenvalue weighted by Gasteiger charge is -2.15. The van der Waals surface area contributed by atoms with E-state index < -0.39 is 35.5 Å². The van der Waals surface area contributed by atoms with Crippen LogP contribution in [-0.4, -0.2) is 56.1 Å². The van der Waals surface area contributed by atoms with E-state index in [0.29, 0.717) is 16.7 Å². The number of nitrogens with zero attached hydrogens (tertiary/aromatic N) is 6. The number of aromatic nitrogens is 5. The first-order valence-electron chi connectivity index (χ1n) is 13.1. The molecule has 0 aliphatic carbocycles. The zero-order valence-corrected chi connectivity index (χ0v) is 23.5. The highest BCUT2D eigenvalue weighted by Gasteiger charge is 2.24. The molecule has 5 aromatic rings. The smallest absolute Gasteiger partial charge is 0.352 e. The number of carbonyl (C=O) groups excluding carboxylic acids is 1. The summed E-state index contributed by atoms with van der Waals surface area (Å²) < 4.78 is 37.9. The van der Waals surface area contributed by atoms with Crippen molar-refractivity contribution in [2.75, 3.05) is 21.2 Å². The molecule has 3 N–H and O–H groups in total. The Labute approximate surface area is 243 Å². The molecule has 0 aliphatic heterocycles. The van der Waals surface area contributed by atoms with Crippen LogP contribution >= 0.6 is 0 Å². The number of urea groups is 1. The Kier molecular flexibility index (Phi) is 8.03. The molecule has 2 amide bonds. The second kappa shape index (κ2) is 11.9. The molecule has 0 spiro atoms. The van der Waals surface area contributed by atoms with E-state index in [-0.39, 0.29) is 35.9 Å². The van der Waals surface area contributed by atoms with Gasteiger partial charge < -0.3 is 20.7 Å². The summed E-state index contributed by atoms with van der Waals surface area (Å²) in [6.07, 6.45) is 1.59. The van der Waals surface area contributed by atoms with Crippen molar-refractivity contribution in [3.05, 3.63) is 110 Å². The van der Waals surface area contributed by atoms with Crippen molar-refractivity contribution in [2.45, 2.75) is 19.6 Å². The Bertz CT molecular complexity index is 1910. The minimum Gasteiger partial charge on any atom is -0.480 e. The summed E-state index contributed by atoms with van der Waals surface area (Å²) in [6.45, 7) is -0.0170. The second-order valence-electron chi connectivity index (χ2n) is 9.98. The molecule has 222 valence electrons. The van der Waals surface area contributed by atoms with Gasteiger partial charge in [-0.05, 0) is 43.4 Å². The van der Waals surface area contributed by atoms with Crippen LogP contribution in [-0.2, 0) is 19.6 Å². The fraction of sp³-hybridized carbons (Fsp3) is 0.207. The van der Waals surface area contributed by atoms with Gasteiger partial charge in [0, 0.05) is 42.0 Å². The Morgan fingerprint density at radius 2 is 1.70 bits per heavy atom. The summed E-state index contributed by atoms with van der Waals surface area (Å²) in [5, 5.41) is 10.4. The maximum Gasteiger partial charge on any atom is 0.352 e. The fourth-order valence-electron chi connectivity index (χ4n) is 4.78. The summed E-state index contributed by atoms with van der Waals surface area (Å²) in [7, 11) is 5.04. The number of hydrogen-bond donors (Lipinski definition) is 2. The van der Waals surface area contributed by atoms with Crippen LogP contribution < -0.4 is 27.0 Å². The molecule has 0 unspecified atom stereocenters. The van der Waals surface area contributed by atoms with E-state index in [0.717, 1.165) is 26.9 Å². The fourth-order valence-corrected chi connectivity index (χ4v) is 4.78. The SMILES string of the molecule is COc1ccc(-n2c(=O)c3c(CN(C)C)c(-c4ccc(CNC(N)=O)cc4)cn3n(Cc3c(F)cccc3F)c2=O)nn1. The zero-order valence-electron chi connectivity index (χ0n) is 23.5. The topological polar surface area (TPSA) is 142 Å². The van der Waals surface area contributed by atoms with Crippen molar-refractivity contribution in [1.29, 1.82) is 0 Å². The number of nitrogens with one attached hydrogen (secondary N) is 1. The van der Waals surface area contributed by atoms with Crippen molar-refractivity contribution < 1.29 is 18.3 Å². The van der Waals surface area contributed by atoms with E-state index in [1.54, 1.807) is 30.5 Å². The molecule has 0 saturated carbocycles. The third-order valence-electron chi connectivity index (χ3n) is 6.81. The lowest BCUT2D eigenvalue weighted by Crippen LogP contribution is -2.43. The number of hydrogen-bond acceptors (Lipinski definition) is 7. The normalized spacial score (nSPS) is 11.3.